The highest BCUT2D eigenvalue weighted by Gasteiger charge is 2.21. The van der Waals surface area contributed by atoms with Crippen LogP contribution in [-0.4, -0.2) is 36.6 Å². The Morgan fingerprint density at radius 2 is 1.86 bits per heavy atom. The highest BCUT2D eigenvalue weighted by Crippen LogP contribution is 2.39. The minimum Gasteiger partial charge on any atom is -0.305 e. The molecule has 1 N–H and O–H groups in total. The molecule has 0 unspecified atom stereocenters. The van der Waals surface area contributed by atoms with Crippen LogP contribution in [0.5, 0.6) is 0 Å². The van der Waals surface area contributed by atoms with E-state index in [4.69, 9.17) is 0 Å². The standard InChI is InChI=1S/C25H28N6OS3/c1-15-9-11-17(12-10-15)21-16(2)33-13-19(21)22-27-30-25(31(22)3)34-14-20(32)26-24-29-28-23(35-24)18-7-5-4-6-8-18/h9-13,18H,4-8,14H2,1-3H3,(H,26,29,32). The van der Waals surface area contributed by atoms with Crippen molar-refractivity contribution in [3.63, 3.8) is 0 Å². The molecular weight excluding hydrogens is 497 g/mol. The Bertz CT molecular complexity index is 1320. The Kier molecular flexibility index (Phi) is 7.31. The van der Waals surface area contributed by atoms with Crippen molar-refractivity contribution >= 4 is 45.5 Å². The summed E-state index contributed by atoms with van der Waals surface area (Å²) in [5.41, 5.74) is 4.65. The van der Waals surface area contributed by atoms with Gasteiger partial charge in [-0.2, -0.15) is 0 Å². The minimum absolute atomic E-state index is 0.113. The first-order valence-electron chi connectivity index (χ1n) is 11.8. The third kappa shape index (κ3) is 5.34. The lowest BCUT2D eigenvalue weighted by molar-refractivity contribution is -0.113. The molecule has 4 aromatic rings. The van der Waals surface area contributed by atoms with Gasteiger partial charge in [-0.05, 0) is 32.3 Å². The van der Waals surface area contributed by atoms with E-state index in [0.717, 1.165) is 16.4 Å². The zero-order chi connectivity index (χ0) is 24.4. The number of aryl methyl sites for hydroxylation is 2. The SMILES string of the molecule is Cc1ccc(-c2c(-c3nnc(SCC(=O)Nc4nnc(C5CCCCC5)s4)n3C)csc2C)cc1. The Morgan fingerprint density at radius 3 is 2.63 bits per heavy atom. The number of nitrogens with one attached hydrogen (secondary N) is 1. The van der Waals surface area contributed by atoms with Crippen LogP contribution in [0.15, 0.2) is 34.8 Å². The number of aromatic nitrogens is 5. The maximum absolute atomic E-state index is 12.6. The highest BCUT2D eigenvalue weighted by molar-refractivity contribution is 7.99. The number of benzene rings is 1. The monoisotopic (exact) mass is 524 g/mol. The molecular formula is C25H28N6OS3. The van der Waals surface area contributed by atoms with Crippen molar-refractivity contribution in [1.29, 1.82) is 0 Å². The van der Waals surface area contributed by atoms with E-state index in [0.29, 0.717) is 16.2 Å². The van der Waals surface area contributed by atoms with Crippen LogP contribution in [0.2, 0.25) is 0 Å². The van der Waals surface area contributed by atoms with Crippen molar-refractivity contribution in [2.24, 2.45) is 7.05 Å². The largest absolute Gasteiger partial charge is 0.305 e. The zero-order valence-electron chi connectivity index (χ0n) is 20.1. The lowest BCUT2D eigenvalue weighted by atomic mass is 9.90. The third-order valence-corrected chi connectivity index (χ3v) is 9.30. The van der Waals surface area contributed by atoms with Crippen LogP contribution < -0.4 is 5.32 Å². The first-order valence-corrected chi connectivity index (χ1v) is 14.5. The molecule has 0 aliphatic heterocycles. The predicted octanol–water partition coefficient (Wildman–Crippen LogP) is 6.46. The fraction of sp³-hybridized carbons (Fsp3) is 0.400. The van der Waals surface area contributed by atoms with Crippen LogP contribution in [0.4, 0.5) is 5.13 Å². The summed E-state index contributed by atoms with van der Waals surface area (Å²) in [5.74, 6) is 1.41. The Balaban J connectivity index is 1.25. The number of carbonyl (C=O) groups is 1. The molecule has 0 atom stereocenters. The third-order valence-electron chi connectivity index (χ3n) is 6.36. The van der Waals surface area contributed by atoms with Crippen molar-refractivity contribution in [2.75, 3.05) is 11.1 Å². The number of rotatable bonds is 7. The Labute approximate surface area is 217 Å². The van der Waals surface area contributed by atoms with Gasteiger partial charge in [-0.25, -0.2) is 0 Å². The molecule has 0 bridgehead atoms. The van der Waals surface area contributed by atoms with Crippen LogP contribution in [0.1, 0.15) is 53.5 Å². The summed E-state index contributed by atoms with van der Waals surface area (Å²) in [5, 5.41) is 24.7. The van der Waals surface area contributed by atoms with E-state index < -0.39 is 0 Å². The Morgan fingerprint density at radius 1 is 1.09 bits per heavy atom. The van der Waals surface area contributed by atoms with Crippen LogP contribution in [0.3, 0.4) is 0 Å². The van der Waals surface area contributed by atoms with Gasteiger partial charge >= 0.3 is 0 Å². The average molecular weight is 525 g/mol. The molecule has 3 aromatic heterocycles. The summed E-state index contributed by atoms with van der Waals surface area (Å²) in [6.45, 7) is 4.22. The van der Waals surface area contributed by atoms with E-state index in [1.165, 1.54) is 76.8 Å². The van der Waals surface area contributed by atoms with Gasteiger partial charge in [0, 0.05) is 34.3 Å². The predicted molar refractivity (Wildman–Crippen MR) is 144 cm³/mol. The quantitative estimate of drug-likeness (QED) is 0.279. The molecule has 10 heteroatoms. The lowest BCUT2D eigenvalue weighted by Crippen LogP contribution is -2.14. The number of thioether (sulfide) groups is 1. The lowest BCUT2D eigenvalue weighted by Gasteiger charge is -2.18. The molecule has 0 saturated heterocycles. The molecule has 3 heterocycles. The fourth-order valence-corrected chi connectivity index (χ4v) is 6.96. The van der Waals surface area contributed by atoms with Crippen molar-refractivity contribution < 1.29 is 4.79 Å². The second-order valence-electron chi connectivity index (χ2n) is 8.93. The topological polar surface area (TPSA) is 85.6 Å². The first kappa shape index (κ1) is 24.1. The summed E-state index contributed by atoms with van der Waals surface area (Å²) in [7, 11) is 1.95. The van der Waals surface area contributed by atoms with Gasteiger partial charge in [0.15, 0.2) is 11.0 Å². The fourth-order valence-electron chi connectivity index (χ4n) is 4.46. The molecule has 1 saturated carbocycles. The summed E-state index contributed by atoms with van der Waals surface area (Å²) in [6.07, 6.45) is 6.14. The van der Waals surface area contributed by atoms with Gasteiger partial charge in [-0.1, -0.05) is 72.2 Å². The van der Waals surface area contributed by atoms with E-state index in [1.807, 2.05) is 11.6 Å². The van der Waals surface area contributed by atoms with E-state index in [-0.39, 0.29) is 11.7 Å². The van der Waals surface area contributed by atoms with Gasteiger partial charge < -0.3 is 4.57 Å². The Hall–Kier alpha value is -2.56. The molecule has 1 fully saturated rings. The van der Waals surface area contributed by atoms with Crippen LogP contribution in [0.25, 0.3) is 22.5 Å². The van der Waals surface area contributed by atoms with Crippen molar-refractivity contribution in [3.05, 3.63) is 45.1 Å². The van der Waals surface area contributed by atoms with Gasteiger partial charge in [-0.15, -0.1) is 31.7 Å². The van der Waals surface area contributed by atoms with Crippen LogP contribution in [-0.2, 0) is 11.8 Å². The van der Waals surface area contributed by atoms with Crippen molar-refractivity contribution in [2.45, 2.75) is 57.0 Å². The average Bonchev–Trinajstić information content (AvgIpc) is 3.58. The van der Waals surface area contributed by atoms with Gasteiger partial charge in [0.2, 0.25) is 11.0 Å². The first-order chi connectivity index (χ1) is 17.0. The normalized spacial score (nSPS) is 14.4. The minimum atomic E-state index is -0.113. The maximum Gasteiger partial charge on any atom is 0.236 e. The number of anilines is 1. The number of amides is 1. The van der Waals surface area contributed by atoms with Crippen LogP contribution >= 0.6 is 34.4 Å². The molecule has 1 aliphatic carbocycles. The highest BCUT2D eigenvalue weighted by atomic mass is 32.2. The number of carbonyl (C=O) groups excluding carboxylic acids is 1. The number of thiophene rings is 1. The van der Waals surface area contributed by atoms with Gasteiger partial charge in [0.1, 0.15) is 5.01 Å². The van der Waals surface area contributed by atoms with E-state index in [9.17, 15) is 4.79 Å². The molecule has 0 spiro atoms. The van der Waals surface area contributed by atoms with Gasteiger partial charge in [0.05, 0.1) is 5.75 Å². The zero-order valence-corrected chi connectivity index (χ0v) is 22.5. The number of hydrogen-bond acceptors (Lipinski definition) is 8. The summed E-state index contributed by atoms with van der Waals surface area (Å²) < 4.78 is 1.96. The van der Waals surface area contributed by atoms with Crippen LogP contribution in [0, 0.1) is 13.8 Å². The molecule has 1 aliphatic rings. The summed E-state index contributed by atoms with van der Waals surface area (Å²) in [4.78, 5) is 13.8. The van der Waals surface area contributed by atoms with Gasteiger partial charge in [-0.3, -0.25) is 10.1 Å². The second kappa shape index (κ2) is 10.6. The van der Waals surface area contributed by atoms with E-state index in [1.54, 1.807) is 11.3 Å². The van der Waals surface area contributed by atoms with Crippen molar-refractivity contribution in [3.8, 4) is 22.5 Å². The number of hydrogen-bond donors (Lipinski definition) is 1. The summed E-state index contributed by atoms with van der Waals surface area (Å²) in [6, 6.07) is 8.56. The molecule has 5 rings (SSSR count). The molecule has 7 nitrogen and oxygen atoms in total. The maximum atomic E-state index is 12.6. The summed E-state index contributed by atoms with van der Waals surface area (Å²) >= 11 is 4.58. The molecule has 35 heavy (non-hydrogen) atoms. The van der Waals surface area contributed by atoms with E-state index in [2.05, 4.69) is 69.2 Å². The van der Waals surface area contributed by atoms with E-state index >= 15 is 0 Å². The van der Waals surface area contributed by atoms with Gasteiger partial charge in [0.25, 0.3) is 0 Å². The molecule has 182 valence electrons. The smallest absolute Gasteiger partial charge is 0.236 e. The molecule has 0 radical (unpaired) electrons. The number of nitrogens with zero attached hydrogens (tertiary/aromatic N) is 5. The molecule has 1 amide bonds. The molecule has 1 aromatic carbocycles. The van der Waals surface area contributed by atoms with Crippen molar-refractivity contribution in [1.82, 2.24) is 25.0 Å². The second-order valence-corrected chi connectivity index (χ2v) is 12.0.